The Morgan fingerprint density at radius 3 is 1.00 bits per heavy atom. The summed E-state index contributed by atoms with van der Waals surface area (Å²) in [5.74, 6) is -0.112. The Labute approximate surface area is 449 Å². The zero-order chi connectivity index (χ0) is 52.2. The average molecular weight is 1010 g/mol. The SMILES string of the molecule is CCCCCCCC/C=C\CCCCCCCCCC(=O)OCCCCCCCC/C=C\CCCCCC(=O)NC(CO)C(O)/C=C/CCCCCCCCCCCCCCCCCCCCCCCCC. The minimum Gasteiger partial charge on any atom is -0.466 e. The van der Waals surface area contributed by atoms with Crippen LogP contribution >= 0.6 is 0 Å². The first-order valence-corrected chi connectivity index (χ1v) is 32.3. The number of esters is 1. The summed E-state index contributed by atoms with van der Waals surface area (Å²) in [5.41, 5.74) is 0. The fraction of sp³-hybridized carbons (Fsp3) is 0.879. The van der Waals surface area contributed by atoms with E-state index in [0.717, 1.165) is 70.6 Å². The van der Waals surface area contributed by atoms with Gasteiger partial charge in [0.05, 0.1) is 25.4 Å². The quantitative estimate of drug-likeness (QED) is 0.0320. The molecule has 2 unspecified atom stereocenters. The molecule has 1 amide bonds. The summed E-state index contributed by atoms with van der Waals surface area (Å²) in [5, 5.41) is 23.2. The number of amides is 1. The van der Waals surface area contributed by atoms with E-state index in [1.165, 1.54) is 250 Å². The standard InChI is InChI=1S/C66H125NO5/c1-3-5-7-9-11-13-15-17-19-21-22-23-24-25-26-27-28-30-31-34-38-42-46-50-54-58-64(69)63(62-68)67-65(70)59-55-51-47-43-39-35-33-37-41-45-49-53-57-61-72-66(71)60-56-52-48-44-40-36-32-29-20-18-16-14-12-10-8-6-4-2/h18,20,35,39,54,58,63-64,68-69H,3-17,19,21-34,36-38,40-53,55-57,59-62H2,1-2H3,(H,67,70)/b20-18-,39-35-,58-54+. The molecule has 0 bridgehead atoms. The highest BCUT2D eigenvalue weighted by molar-refractivity contribution is 5.76. The van der Waals surface area contributed by atoms with Crippen LogP contribution in [0.5, 0.6) is 0 Å². The fourth-order valence-electron chi connectivity index (χ4n) is 9.92. The molecule has 0 aromatic carbocycles. The second-order valence-electron chi connectivity index (χ2n) is 22.1. The van der Waals surface area contributed by atoms with Crippen molar-refractivity contribution in [3.8, 4) is 0 Å². The molecule has 0 rings (SSSR count). The summed E-state index contributed by atoms with van der Waals surface area (Å²) in [7, 11) is 0. The Hall–Kier alpha value is -1.92. The molecule has 0 radical (unpaired) electrons. The van der Waals surface area contributed by atoms with Gasteiger partial charge in [-0.2, -0.15) is 0 Å². The van der Waals surface area contributed by atoms with Gasteiger partial charge in [0, 0.05) is 12.8 Å². The molecule has 0 spiro atoms. The molecule has 0 fully saturated rings. The third-order valence-corrected chi connectivity index (χ3v) is 14.9. The molecule has 6 nitrogen and oxygen atoms in total. The van der Waals surface area contributed by atoms with Crippen molar-refractivity contribution >= 4 is 11.9 Å². The Balaban J connectivity index is 3.51. The highest BCUT2D eigenvalue weighted by atomic mass is 16.5. The number of rotatable bonds is 60. The van der Waals surface area contributed by atoms with Crippen LogP contribution in [-0.2, 0) is 14.3 Å². The van der Waals surface area contributed by atoms with E-state index in [-0.39, 0.29) is 18.5 Å². The first-order chi connectivity index (χ1) is 35.5. The van der Waals surface area contributed by atoms with Gasteiger partial charge < -0.3 is 20.3 Å². The lowest BCUT2D eigenvalue weighted by Crippen LogP contribution is -2.45. The largest absolute Gasteiger partial charge is 0.466 e. The normalized spacial score (nSPS) is 12.8. The third kappa shape index (κ3) is 57.4. The molecule has 0 aromatic heterocycles. The first-order valence-electron chi connectivity index (χ1n) is 32.3. The summed E-state index contributed by atoms with van der Waals surface area (Å²) < 4.78 is 5.48. The van der Waals surface area contributed by atoms with Gasteiger partial charge in [0.1, 0.15) is 0 Å². The molecule has 72 heavy (non-hydrogen) atoms. The molecule has 0 aliphatic heterocycles. The number of ether oxygens (including phenoxy) is 1. The first kappa shape index (κ1) is 70.1. The van der Waals surface area contributed by atoms with Crippen LogP contribution in [-0.4, -0.2) is 47.4 Å². The molecule has 0 aromatic rings. The van der Waals surface area contributed by atoms with E-state index in [2.05, 4.69) is 43.5 Å². The van der Waals surface area contributed by atoms with Crippen molar-refractivity contribution in [2.45, 2.75) is 360 Å². The molecular weight excluding hydrogens is 887 g/mol. The maximum absolute atomic E-state index is 12.5. The van der Waals surface area contributed by atoms with Crippen LogP contribution in [0.1, 0.15) is 348 Å². The summed E-state index contributed by atoms with van der Waals surface area (Å²) >= 11 is 0. The van der Waals surface area contributed by atoms with Crippen molar-refractivity contribution in [1.82, 2.24) is 5.32 Å². The molecule has 3 N–H and O–H groups in total. The predicted octanol–water partition coefficient (Wildman–Crippen LogP) is 20.4. The van der Waals surface area contributed by atoms with Crippen molar-refractivity contribution in [1.29, 1.82) is 0 Å². The van der Waals surface area contributed by atoms with E-state index >= 15 is 0 Å². The minimum absolute atomic E-state index is 0.0167. The van der Waals surface area contributed by atoms with Gasteiger partial charge in [-0.25, -0.2) is 0 Å². The molecule has 0 heterocycles. The number of nitrogens with one attached hydrogen (secondary N) is 1. The van der Waals surface area contributed by atoms with Gasteiger partial charge in [-0.05, 0) is 83.5 Å². The maximum atomic E-state index is 12.5. The second-order valence-corrected chi connectivity index (χ2v) is 22.1. The van der Waals surface area contributed by atoms with Crippen molar-refractivity contribution < 1.29 is 24.5 Å². The number of carbonyl (C=O) groups excluding carboxylic acids is 2. The van der Waals surface area contributed by atoms with Crippen LogP contribution in [0.15, 0.2) is 36.5 Å². The molecule has 2 atom stereocenters. The Kier molecular flexibility index (Phi) is 60.0. The van der Waals surface area contributed by atoms with Crippen molar-refractivity contribution in [3.63, 3.8) is 0 Å². The van der Waals surface area contributed by atoms with Crippen molar-refractivity contribution in [2.75, 3.05) is 13.2 Å². The molecule has 424 valence electrons. The van der Waals surface area contributed by atoms with E-state index in [1.807, 2.05) is 6.08 Å². The van der Waals surface area contributed by atoms with Gasteiger partial charge in [-0.15, -0.1) is 0 Å². The summed E-state index contributed by atoms with van der Waals surface area (Å²) in [6.45, 7) is 4.88. The van der Waals surface area contributed by atoms with E-state index in [9.17, 15) is 19.8 Å². The number of carbonyl (C=O) groups is 2. The lowest BCUT2D eigenvalue weighted by Gasteiger charge is -2.19. The summed E-state index contributed by atoms with van der Waals surface area (Å²) in [4.78, 5) is 24.6. The van der Waals surface area contributed by atoms with Gasteiger partial charge in [0.25, 0.3) is 0 Å². The monoisotopic (exact) mass is 1010 g/mol. The summed E-state index contributed by atoms with van der Waals surface area (Å²) in [6.07, 6.45) is 77.6. The molecular formula is C66H125NO5. The van der Waals surface area contributed by atoms with Crippen LogP contribution in [0.3, 0.4) is 0 Å². The van der Waals surface area contributed by atoms with Gasteiger partial charge in [-0.3, -0.25) is 9.59 Å². The highest BCUT2D eigenvalue weighted by Gasteiger charge is 2.18. The minimum atomic E-state index is -0.864. The third-order valence-electron chi connectivity index (χ3n) is 14.9. The smallest absolute Gasteiger partial charge is 0.305 e. The molecule has 0 aliphatic carbocycles. The van der Waals surface area contributed by atoms with E-state index in [1.54, 1.807) is 6.08 Å². The van der Waals surface area contributed by atoms with Crippen molar-refractivity contribution in [2.24, 2.45) is 0 Å². The van der Waals surface area contributed by atoms with Crippen LogP contribution in [0.2, 0.25) is 0 Å². The van der Waals surface area contributed by atoms with Crippen LogP contribution in [0, 0.1) is 0 Å². The van der Waals surface area contributed by atoms with E-state index in [0.29, 0.717) is 19.4 Å². The lowest BCUT2D eigenvalue weighted by molar-refractivity contribution is -0.143. The zero-order valence-corrected chi connectivity index (χ0v) is 48.4. The van der Waals surface area contributed by atoms with Gasteiger partial charge in [0.15, 0.2) is 0 Å². The highest BCUT2D eigenvalue weighted by Crippen LogP contribution is 2.17. The zero-order valence-electron chi connectivity index (χ0n) is 48.4. The maximum Gasteiger partial charge on any atom is 0.305 e. The molecule has 0 aliphatic rings. The molecule has 6 heteroatoms. The molecule has 0 saturated carbocycles. The van der Waals surface area contributed by atoms with Crippen LogP contribution < -0.4 is 5.32 Å². The number of hydrogen-bond acceptors (Lipinski definition) is 5. The van der Waals surface area contributed by atoms with E-state index < -0.39 is 12.1 Å². The molecule has 0 saturated heterocycles. The van der Waals surface area contributed by atoms with Gasteiger partial charge in [-0.1, -0.05) is 288 Å². The fourth-order valence-corrected chi connectivity index (χ4v) is 9.92. The lowest BCUT2D eigenvalue weighted by atomic mass is 10.0. The Morgan fingerprint density at radius 1 is 0.375 bits per heavy atom. The second kappa shape index (κ2) is 61.6. The Morgan fingerprint density at radius 2 is 0.653 bits per heavy atom. The van der Waals surface area contributed by atoms with Crippen LogP contribution in [0.4, 0.5) is 0 Å². The topological polar surface area (TPSA) is 95.9 Å². The predicted molar refractivity (Wildman–Crippen MR) is 315 cm³/mol. The number of unbranched alkanes of at least 4 members (excludes halogenated alkanes) is 45. The number of hydrogen-bond donors (Lipinski definition) is 3. The average Bonchev–Trinajstić information content (AvgIpc) is 3.38. The van der Waals surface area contributed by atoms with Crippen molar-refractivity contribution in [3.05, 3.63) is 36.5 Å². The Bertz CT molecular complexity index is 1170. The van der Waals surface area contributed by atoms with Crippen LogP contribution in [0.25, 0.3) is 0 Å². The van der Waals surface area contributed by atoms with Gasteiger partial charge in [0.2, 0.25) is 5.91 Å². The number of aliphatic hydroxyl groups is 2. The van der Waals surface area contributed by atoms with Gasteiger partial charge >= 0.3 is 5.97 Å². The summed E-state index contributed by atoms with van der Waals surface area (Å²) in [6, 6.07) is -0.650. The van der Waals surface area contributed by atoms with E-state index in [4.69, 9.17) is 4.74 Å². The number of allylic oxidation sites excluding steroid dienone is 5. The number of aliphatic hydroxyl groups excluding tert-OH is 2.